The Kier molecular flexibility index (Phi) is 7.45. The number of aryl methyl sites for hydroxylation is 1. The number of nitrogens with two attached hydrogens (primary N) is 1. The zero-order valence-electron chi connectivity index (χ0n) is 12.0. The van der Waals surface area contributed by atoms with E-state index in [4.69, 9.17) is 5.73 Å². The zero-order chi connectivity index (χ0) is 13.4. The molecule has 18 heavy (non-hydrogen) atoms. The number of unbranched alkanes of at least 4 members (excludes halogenated alkanes) is 2. The van der Waals surface area contributed by atoms with Gasteiger partial charge in [0.1, 0.15) is 0 Å². The monoisotopic (exact) mass is 265 g/mol. The molecule has 1 aromatic rings. The summed E-state index contributed by atoms with van der Waals surface area (Å²) >= 11 is 2.04. The Morgan fingerprint density at radius 2 is 1.89 bits per heavy atom. The Balaban J connectivity index is 2.69. The lowest BCUT2D eigenvalue weighted by Gasteiger charge is -2.24. The summed E-state index contributed by atoms with van der Waals surface area (Å²) in [6.07, 6.45) is 4.96. The molecule has 2 atom stereocenters. The molecule has 0 aliphatic rings. The molecule has 2 unspecified atom stereocenters. The Morgan fingerprint density at radius 1 is 1.17 bits per heavy atom. The van der Waals surface area contributed by atoms with Crippen molar-refractivity contribution in [2.45, 2.75) is 57.7 Å². The van der Waals surface area contributed by atoms with Crippen LogP contribution in [0.15, 0.2) is 24.3 Å². The normalized spacial score (nSPS) is 14.4. The summed E-state index contributed by atoms with van der Waals surface area (Å²) in [5.41, 5.74) is 9.11. The first kappa shape index (κ1) is 15.6. The van der Waals surface area contributed by atoms with Gasteiger partial charge in [-0.2, -0.15) is 11.8 Å². The fourth-order valence-electron chi connectivity index (χ4n) is 2.13. The maximum Gasteiger partial charge on any atom is 0.0450 e. The maximum absolute atomic E-state index is 6.31. The summed E-state index contributed by atoms with van der Waals surface area (Å²) in [6, 6.07) is 8.93. The molecule has 2 N–H and O–H groups in total. The predicted octanol–water partition coefficient (Wildman–Crippen LogP) is 4.70. The number of hydrogen-bond acceptors (Lipinski definition) is 2. The fourth-order valence-corrected chi connectivity index (χ4v) is 3.63. The smallest absolute Gasteiger partial charge is 0.0450 e. The first-order valence-corrected chi connectivity index (χ1v) is 8.18. The molecule has 0 radical (unpaired) electrons. The summed E-state index contributed by atoms with van der Waals surface area (Å²) in [6.45, 7) is 6.63. The largest absolute Gasteiger partial charge is 0.326 e. The molecule has 0 heterocycles. The van der Waals surface area contributed by atoms with Gasteiger partial charge in [-0.05, 0) is 36.6 Å². The zero-order valence-corrected chi connectivity index (χ0v) is 12.8. The van der Waals surface area contributed by atoms with Crippen molar-refractivity contribution in [2.24, 2.45) is 5.73 Å². The first-order chi connectivity index (χ1) is 8.70. The van der Waals surface area contributed by atoms with Crippen LogP contribution in [-0.2, 0) is 0 Å². The van der Waals surface area contributed by atoms with Gasteiger partial charge in [0.05, 0.1) is 0 Å². The quantitative estimate of drug-likeness (QED) is 0.690. The molecule has 1 aromatic carbocycles. The van der Waals surface area contributed by atoms with Crippen LogP contribution in [0.2, 0.25) is 0 Å². The molecule has 102 valence electrons. The Morgan fingerprint density at radius 3 is 2.50 bits per heavy atom. The van der Waals surface area contributed by atoms with Crippen molar-refractivity contribution in [3.63, 3.8) is 0 Å². The maximum atomic E-state index is 6.31. The van der Waals surface area contributed by atoms with E-state index < -0.39 is 0 Å². The minimum absolute atomic E-state index is 0.262. The second kappa shape index (κ2) is 8.60. The molecule has 0 aliphatic carbocycles. The fraction of sp³-hybridized carbons (Fsp3) is 0.625. The van der Waals surface area contributed by atoms with Crippen LogP contribution >= 0.6 is 11.8 Å². The minimum atomic E-state index is 0.262. The number of hydrogen-bond donors (Lipinski definition) is 1. The topological polar surface area (TPSA) is 26.0 Å². The third-order valence-electron chi connectivity index (χ3n) is 3.40. The van der Waals surface area contributed by atoms with Crippen molar-refractivity contribution < 1.29 is 0 Å². The van der Waals surface area contributed by atoms with Crippen LogP contribution < -0.4 is 5.73 Å². The van der Waals surface area contributed by atoms with E-state index in [-0.39, 0.29) is 6.04 Å². The first-order valence-electron chi connectivity index (χ1n) is 7.13. The van der Waals surface area contributed by atoms with Gasteiger partial charge in [-0.3, -0.25) is 0 Å². The molecule has 0 fully saturated rings. The molecule has 0 saturated heterocycles. The summed E-state index contributed by atoms with van der Waals surface area (Å²) in [7, 11) is 0. The van der Waals surface area contributed by atoms with Crippen molar-refractivity contribution in [2.75, 3.05) is 5.75 Å². The van der Waals surface area contributed by atoms with Crippen LogP contribution in [0.5, 0.6) is 0 Å². The Labute approximate surface area is 117 Å². The van der Waals surface area contributed by atoms with E-state index >= 15 is 0 Å². The van der Waals surface area contributed by atoms with Gasteiger partial charge < -0.3 is 5.73 Å². The van der Waals surface area contributed by atoms with E-state index in [1.165, 1.54) is 36.1 Å². The highest BCUT2D eigenvalue weighted by Gasteiger charge is 2.20. The van der Waals surface area contributed by atoms with Crippen LogP contribution in [0.4, 0.5) is 0 Å². The number of rotatable bonds is 8. The third kappa shape index (κ3) is 4.66. The van der Waals surface area contributed by atoms with Crippen LogP contribution in [0.25, 0.3) is 0 Å². The summed E-state index contributed by atoms with van der Waals surface area (Å²) in [4.78, 5) is 0. The van der Waals surface area contributed by atoms with E-state index in [1.807, 2.05) is 11.8 Å². The van der Waals surface area contributed by atoms with Crippen LogP contribution in [0, 0.1) is 6.92 Å². The summed E-state index contributed by atoms with van der Waals surface area (Å²) in [5.74, 6) is 1.22. The van der Waals surface area contributed by atoms with Gasteiger partial charge in [0, 0.05) is 11.3 Å². The van der Waals surface area contributed by atoms with Crippen molar-refractivity contribution in [3.05, 3.63) is 35.4 Å². The predicted molar refractivity (Wildman–Crippen MR) is 84.2 cm³/mol. The molecule has 1 nitrogen and oxygen atoms in total. The van der Waals surface area contributed by atoms with Crippen molar-refractivity contribution in [1.29, 1.82) is 0 Å². The molecular formula is C16H27NS. The Bertz CT molecular complexity index is 338. The number of thioether (sulfide) groups is 1. The third-order valence-corrected chi connectivity index (χ3v) is 4.89. The standard InChI is InChI=1S/C16H27NS/c1-4-6-9-12-18-16(15(17)5-2)14-11-8-7-10-13(14)3/h7-8,10-11,15-16H,4-6,9,12,17H2,1-3H3. The molecule has 0 aliphatic heterocycles. The van der Waals surface area contributed by atoms with E-state index in [9.17, 15) is 0 Å². The van der Waals surface area contributed by atoms with E-state index in [2.05, 4.69) is 45.0 Å². The highest BCUT2D eigenvalue weighted by atomic mass is 32.2. The highest BCUT2D eigenvalue weighted by Crippen LogP contribution is 2.34. The summed E-state index contributed by atoms with van der Waals surface area (Å²) < 4.78 is 0. The average molecular weight is 265 g/mol. The van der Waals surface area contributed by atoms with Crippen LogP contribution in [0.3, 0.4) is 0 Å². The molecule has 0 bridgehead atoms. The van der Waals surface area contributed by atoms with Gasteiger partial charge in [0.15, 0.2) is 0 Å². The Hall–Kier alpha value is -0.470. The molecule has 0 spiro atoms. The van der Waals surface area contributed by atoms with Crippen LogP contribution in [0.1, 0.15) is 55.9 Å². The molecule has 0 saturated carbocycles. The van der Waals surface area contributed by atoms with E-state index in [0.717, 1.165) is 6.42 Å². The van der Waals surface area contributed by atoms with Crippen molar-refractivity contribution in [1.82, 2.24) is 0 Å². The summed E-state index contributed by atoms with van der Waals surface area (Å²) in [5, 5.41) is 0.452. The number of benzene rings is 1. The second-order valence-electron chi connectivity index (χ2n) is 4.93. The lowest BCUT2D eigenvalue weighted by atomic mass is 10.00. The van der Waals surface area contributed by atoms with Gasteiger partial charge in [-0.1, -0.05) is 51.0 Å². The van der Waals surface area contributed by atoms with Crippen LogP contribution in [-0.4, -0.2) is 11.8 Å². The molecular weight excluding hydrogens is 238 g/mol. The van der Waals surface area contributed by atoms with E-state index in [0.29, 0.717) is 5.25 Å². The van der Waals surface area contributed by atoms with Gasteiger partial charge >= 0.3 is 0 Å². The molecule has 0 aromatic heterocycles. The molecule has 2 heteroatoms. The lowest BCUT2D eigenvalue weighted by Crippen LogP contribution is -2.26. The van der Waals surface area contributed by atoms with Crippen molar-refractivity contribution >= 4 is 11.8 Å². The van der Waals surface area contributed by atoms with Gasteiger partial charge in [-0.15, -0.1) is 0 Å². The van der Waals surface area contributed by atoms with E-state index in [1.54, 1.807) is 0 Å². The SMILES string of the molecule is CCCCCSC(c1ccccc1C)C(N)CC. The molecule has 1 rings (SSSR count). The lowest BCUT2D eigenvalue weighted by molar-refractivity contribution is 0.631. The van der Waals surface area contributed by atoms with Gasteiger partial charge in [0.2, 0.25) is 0 Å². The molecule has 0 amide bonds. The average Bonchev–Trinajstić information content (AvgIpc) is 2.39. The van der Waals surface area contributed by atoms with Gasteiger partial charge in [-0.25, -0.2) is 0 Å². The second-order valence-corrected chi connectivity index (χ2v) is 6.18. The highest BCUT2D eigenvalue weighted by molar-refractivity contribution is 7.99. The van der Waals surface area contributed by atoms with Gasteiger partial charge in [0.25, 0.3) is 0 Å². The minimum Gasteiger partial charge on any atom is -0.326 e. The van der Waals surface area contributed by atoms with Crippen molar-refractivity contribution in [3.8, 4) is 0 Å².